The van der Waals surface area contributed by atoms with Gasteiger partial charge in [-0.3, -0.25) is 0 Å². The van der Waals surface area contributed by atoms with E-state index in [9.17, 15) is 8.78 Å². The molecule has 0 nitrogen and oxygen atoms in total. The quantitative estimate of drug-likeness (QED) is 0.651. The molecule has 4 heteroatoms. The highest BCUT2D eigenvalue weighted by Gasteiger charge is 2.11. The summed E-state index contributed by atoms with van der Waals surface area (Å²) in [5, 5.41) is 2.15. The van der Waals surface area contributed by atoms with E-state index in [1.807, 2.05) is 6.26 Å². The molecule has 0 aliphatic rings. The lowest BCUT2D eigenvalue weighted by atomic mass is 10.2. The third-order valence-corrected chi connectivity index (χ3v) is 3.65. The minimum absolute atomic E-state index is 0.384. The summed E-state index contributed by atoms with van der Waals surface area (Å²) in [6.45, 7) is 0. The van der Waals surface area contributed by atoms with Crippen LogP contribution in [0, 0.1) is 11.6 Å². The van der Waals surface area contributed by atoms with Crippen LogP contribution in [0.1, 0.15) is 0 Å². The van der Waals surface area contributed by atoms with E-state index in [0.29, 0.717) is 5.39 Å². The van der Waals surface area contributed by atoms with E-state index in [0.717, 1.165) is 9.60 Å². The van der Waals surface area contributed by atoms with Crippen LogP contribution in [0.3, 0.4) is 0 Å². The van der Waals surface area contributed by atoms with E-state index >= 15 is 0 Å². The lowest BCUT2D eigenvalue weighted by Gasteiger charge is -2.00. The van der Waals surface area contributed by atoms with Crippen LogP contribution < -0.4 is 0 Å². The fourth-order valence-corrected chi connectivity index (χ4v) is 2.91. The number of rotatable bonds is 1. The molecule has 0 saturated heterocycles. The Bertz CT molecular complexity index is 448. The molecule has 1 heterocycles. The topological polar surface area (TPSA) is 0 Å². The molecule has 68 valence electrons. The van der Waals surface area contributed by atoms with Crippen molar-refractivity contribution < 1.29 is 8.78 Å². The monoisotopic (exact) mass is 216 g/mol. The number of hydrogen-bond donors (Lipinski definition) is 0. The summed E-state index contributed by atoms with van der Waals surface area (Å²) in [7, 11) is 0. The number of halogens is 2. The summed E-state index contributed by atoms with van der Waals surface area (Å²) in [6.07, 6.45) is 1.85. The third-order valence-electron chi connectivity index (χ3n) is 1.81. The molecule has 13 heavy (non-hydrogen) atoms. The Kier molecular flexibility index (Phi) is 2.26. The fourth-order valence-electron chi connectivity index (χ4n) is 1.20. The lowest BCUT2D eigenvalue weighted by molar-refractivity contribution is 0.515. The number of benzene rings is 1. The molecule has 2 aromatic rings. The molecule has 0 bridgehead atoms. The second-order valence-electron chi connectivity index (χ2n) is 2.54. The minimum Gasteiger partial charge on any atom is -0.204 e. The zero-order valence-electron chi connectivity index (χ0n) is 6.80. The molecular weight excluding hydrogens is 210 g/mol. The van der Waals surface area contributed by atoms with E-state index in [2.05, 4.69) is 0 Å². The van der Waals surface area contributed by atoms with Gasteiger partial charge < -0.3 is 0 Å². The number of fused-ring (bicyclic) bond motifs is 1. The van der Waals surface area contributed by atoms with E-state index in [-0.39, 0.29) is 0 Å². The van der Waals surface area contributed by atoms with Crippen LogP contribution in [0.2, 0.25) is 0 Å². The smallest absolute Gasteiger partial charge is 0.167 e. The fraction of sp³-hybridized carbons (Fsp3) is 0.111. The van der Waals surface area contributed by atoms with Gasteiger partial charge in [-0.25, -0.2) is 8.78 Å². The Morgan fingerprint density at radius 1 is 1.38 bits per heavy atom. The van der Waals surface area contributed by atoms with Gasteiger partial charge in [0.25, 0.3) is 0 Å². The first kappa shape index (κ1) is 8.97. The van der Waals surface area contributed by atoms with E-state index in [1.54, 1.807) is 11.4 Å². The van der Waals surface area contributed by atoms with Gasteiger partial charge in [-0.15, -0.1) is 23.1 Å². The normalized spacial score (nSPS) is 11.0. The van der Waals surface area contributed by atoms with Crippen molar-refractivity contribution >= 4 is 33.2 Å². The second-order valence-corrected chi connectivity index (χ2v) is 4.30. The van der Waals surface area contributed by atoms with Crippen LogP contribution in [0.25, 0.3) is 10.1 Å². The van der Waals surface area contributed by atoms with Crippen molar-refractivity contribution in [3.8, 4) is 0 Å². The molecular formula is C9H6F2S2. The van der Waals surface area contributed by atoms with Gasteiger partial charge in [-0.1, -0.05) is 0 Å². The molecule has 0 N–H and O–H groups in total. The largest absolute Gasteiger partial charge is 0.204 e. The summed E-state index contributed by atoms with van der Waals surface area (Å²) in [5.74, 6) is -1.51. The van der Waals surface area contributed by atoms with E-state index in [4.69, 9.17) is 0 Å². The van der Waals surface area contributed by atoms with Crippen LogP contribution in [-0.2, 0) is 0 Å². The van der Waals surface area contributed by atoms with Gasteiger partial charge in [0.1, 0.15) is 0 Å². The first-order valence-electron chi connectivity index (χ1n) is 3.63. The van der Waals surface area contributed by atoms with Gasteiger partial charge in [-0.05, 0) is 23.8 Å². The lowest BCUT2D eigenvalue weighted by Crippen LogP contribution is -1.85. The maximum absolute atomic E-state index is 13.2. The summed E-state index contributed by atoms with van der Waals surface area (Å²) in [6, 6.07) is 2.86. The van der Waals surface area contributed by atoms with Crippen molar-refractivity contribution in [2.45, 2.75) is 4.90 Å². The number of hydrogen-bond acceptors (Lipinski definition) is 2. The number of thioether (sulfide) groups is 1. The van der Waals surface area contributed by atoms with E-state index < -0.39 is 11.6 Å². The molecule has 1 aromatic carbocycles. The predicted molar refractivity (Wildman–Crippen MR) is 53.5 cm³/mol. The van der Waals surface area contributed by atoms with Crippen molar-refractivity contribution in [2.75, 3.05) is 6.26 Å². The average Bonchev–Trinajstić information content (AvgIpc) is 2.60. The SMILES string of the molecule is CSc1cc(F)c(F)c2ccsc12. The van der Waals surface area contributed by atoms with Crippen LogP contribution in [0.5, 0.6) is 0 Å². The van der Waals surface area contributed by atoms with Crippen LogP contribution in [-0.4, -0.2) is 6.26 Å². The van der Waals surface area contributed by atoms with Gasteiger partial charge in [0.15, 0.2) is 11.6 Å². The van der Waals surface area contributed by atoms with Gasteiger partial charge in [-0.2, -0.15) is 0 Å². The van der Waals surface area contributed by atoms with Crippen molar-refractivity contribution in [1.29, 1.82) is 0 Å². The molecule has 1 aromatic heterocycles. The zero-order chi connectivity index (χ0) is 9.42. The van der Waals surface area contributed by atoms with E-state index in [1.165, 1.54) is 29.2 Å². The molecule has 0 aliphatic carbocycles. The maximum atomic E-state index is 13.2. The molecule has 0 fully saturated rings. The van der Waals surface area contributed by atoms with Crippen LogP contribution in [0.4, 0.5) is 8.78 Å². The summed E-state index contributed by atoms with van der Waals surface area (Å²) in [5.41, 5.74) is 0. The predicted octanol–water partition coefficient (Wildman–Crippen LogP) is 3.90. The molecule has 0 spiro atoms. The molecule has 2 rings (SSSR count). The second kappa shape index (κ2) is 3.27. The summed E-state index contributed by atoms with van der Waals surface area (Å²) >= 11 is 2.86. The Morgan fingerprint density at radius 3 is 2.85 bits per heavy atom. The highest BCUT2D eigenvalue weighted by Crippen LogP contribution is 2.33. The standard InChI is InChI=1S/C9H6F2S2/c1-12-7-4-6(10)8(11)5-2-3-13-9(5)7/h2-4H,1H3. The molecule has 0 amide bonds. The maximum Gasteiger partial charge on any atom is 0.167 e. The molecule has 0 saturated carbocycles. The minimum atomic E-state index is -0.768. The van der Waals surface area contributed by atoms with Crippen molar-refractivity contribution in [1.82, 2.24) is 0 Å². The first-order valence-corrected chi connectivity index (χ1v) is 5.73. The Morgan fingerprint density at radius 2 is 2.15 bits per heavy atom. The molecule has 0 aliphatic heterocycles. The summed E-state index contributed by atoms with van der Waals surface area (Å²) < 4.78 is 27.0. The van der Waals surface area contributed by atoms with Crippen LogP contribution >= 0.6 is 23.1 Å². The Labute approximate surface area is 82.6 Å². The molecule has 0 unspecified atom stereocenters. The average molecular weight is 216 g/mol. The highest BCUT2D eigenvalue weighted by molar-refractivity contribution is 7.99. The zero-order valence-corrected chi connectivity index (χ0v) is 8.44. The molecule has 0 radical (unpaired) electrons. The Balaban J connectivity index is 2.87. The highest BCUT2D eigenvalue weighted by atomic mass is 32.2. The van der Waals surface area contributed by atoms with Crippen LogP contribution in [0.15, 0.2) is 22.4 Å². The molecule has 0 atom stereocenters. The number of thiophene rings is 1. The first-order chi connectivity index (χ1) is 6.24. The van der Waals surface area contributed by atoms with Crippen molar-refractivity contribution in [3.05, 3.63) is 29.1 Å². The van der Waals surface area contributed by atoms with Gasteiger partial charge >= 0.3 is 0 Å². The van der Waals surface area contributed by atoms with Crippen molar-refractivity contribution in [3.63, 3.8) is 0 Å². The summed E-state index contributed by atoms with van der Waals surface area (Å²) in [4.78, 5) is 0.795. The van der Waals surface area contributed by atoms with Gasteiger partial charge in [0.05, 0.1) is 4.70 Å². The van der Waals surface area contributed by atoms with Gasteiger partial charge in [0, 0.05) is 10.3 Å². The van der Waals surface area contributed by atoms with Gasteiger partial charge in [0.2, 0.25) is 0 Å². The Hall–Kier alpha value is -0.610. The third kappa shape index (κ3) is 1.34. The van der Waals surface area contributed by atoms with Crippen molar-refractivity contribution in [2.24, 2.45) is 0 Å².